The third-order valence-corrected chi connectivity index (χ3v) is 11.6. The van der Waals surface area contributed by atoms with Gasteiger partial charge in [-0.25, -0.2) is 0 Å². The summed E-state index contributed by atoms with van der Waals surface area (Å²) in [6, 6.07) is 61.9. The quantitative estimate of drug-likeness (QED) is 0.173. The van der Waals surface area contributed by atoms with Crippen molar-refractivity contribution in [1.82, 2.24) is 0 Å². The normalized spacial score (nSPS) is 12.0. The van der Waals surface area contributed by atoms with Crippen LogP contribution >= 0.6 is 11.3 Å². The van der Waals surface area contributed by atoms with Gasteiger partial charge in [0.1, 0.15) is 11.2 Å². The third-order valence-electron chi connectivity index (χ3n) is 10.4. The van der Waals surface area contributed by atoms with E-state index < -0.39 is 0 Å². The lowest BCUT2D eigenvalue weighted by molar-refractivity contribution is 0.669. The standard InChI is InChI=1S/C48H28OS/c1-2-14-29(15-3-1)44-33-18-6-8-20-35(33)45(36-21-9-7-19-34(36)44)40-27-31(28-42-46(40)37-22-10-12-24-41(37)49-42)39-26-30-16-4-5-17-32(30)47-38-23-11-13-25-43(38)50-48(39)47/h1-28H. The molecule has 2 heteroatoms. The molecule has 0 bridgehead atoms. The van der Waals surface area contributed by atoms with Gasteiger partial charge in [-0.15, -0.1) is 11.3 Å². The first-order chi connectivity index (χ1) is 24.8. The number of benzene rings is 9. The molecule has 2 aromatic heterocycles. The van der Waals surface area contributed by atoms with Gasteiger partial charge in [0, 0.05) is 36.5 Å². The SMILES string of the molecule is c1ccc(-c2c3ccccc3c(-c3cc(-c4cc5ccccc5c5c4sc4ccccc45)cc4oc5ccccc5c34)c3ccccc23)cc1. The summed E-state index contributed by atoms with van der Waals surface area (Å²) in [6.45, 7) is 0. The number of fused-ring (bicyclic) bond motifs is 10. The second kappa shape index (κ2) is 10.6. The molecule has 11 aromatic rings. The molecule has 0 amide bonds. The summed E-state index contributed by atoms with van der Waals surface area (Å²) in [4.78, 5) is 0. The Labute approximate surface area is 292 Å². The smallest absolute Gasteiger partial charge is 0.136 e. The molecule has 2 heterocycles. The van der Waals surface area contributed by atoms with Gasteiger partial charge in [0.05, 0.1) is 0 Å². The molecule has 0 N–H and O–H groups in total. The number of hydrogen-bond donors (Lipinski definition) is 0. The zero-order chi connectivity index (χ0) is 32.8. The zero-order valence-electron chi connectivity index (χ0n) is 27.0. The second-order valence-electron chi connectivity index (χ2n) is 13.1. The monoisotopic (exact) mass is 652 g/mol. The Balaban J connectivity index is 1.33. The molecule has 0 aliphatic carbocycles. The van der Waals surface area contributed by atoms with Crippen LogP contribution in [0.25, 0.3) is 108 Å². The van der Waals surface area contributed by atoms with Gasteiger partial charge in [0.2, 0.25) is 0 Å². The molecular formula is C48H28OS. The van der Waals surface area contributed by atoms with Crippen LogP contribution in [0.15, 0.2) is 174 Å². The predicted molar refractivity (Wildman–Crippen MR) is 215 cm³/mol. The molecule has 0 fully saturated rings. The van der Waals surface area contributed by atoms with Crippen molar-refractivity contribution in [1.29, 1.82) is 0 Å². The summed E-state index contributed by atoms with van der Waals surface area (Å²) >= 11 is 1.88. The number of rotatable bonds is 3. The lowest BCUT2D eigenvalue weighted by Gasteiger charge is -2.19. The second-order valence-corrected chi connectivity index (χ2v) is 14.2. The predicted octanol–water partition coefficient (Wildman–Crippen LogP) is 14.4. The van der Waals surface area contributed by atoms with Crippen molar-refractivity contribution in [2.75, 3.05) is 0 Å². The first-order valence-corrected chi connectivity index (χ1v) is 17.9. The third kappa shape index (κ3) is 3.94. The Morgan fingerprint density at radius 3 is 1.68 bits per heavy atom. The number of thiophene rings is 1. The lowest BCUT2D eigenvalue weighted by Crippen LogP contribution is -1.92. The maximum Gasteiger partial charge on any atom is 0.136 e. The highest BCUT2D eigenvalue weighted by atomic mass is 32.1. The summed E-state index contributed by atoms with van der Waals surface area (Å²) in [5.74, 6) is 0. The van der Waals surface area contributed by atoms with Crippen LogP contribution in [0.2, 0.25) is 0 Å². The Kier molecular flexibility index (Phi) is 5.89. The van der Waals surface area contributed by atoms with E-state index in [-0.39, 0.29) is 0 Å². The maximum absolute atomic E-state index is 6.76. The summed E-state index contributed by atoms with van der Waals surface area (Å²) < 4.78 is 9.37. The van der Waals surface area contributed by atoms with Crippen LogP contribution < -0.4 is 0 Å². The molecule has 0 atom stereocenters. The molecule has 0 radical (unpaired) electrons. The Hall–Kier alpha value is -6.22. The molecular weight excluding hydrogens is 625 g/mol. The maximum atomic E-state index is 6.76. The van der Waals surface area contributed by atoms with Gasteiger partial charge in [0.15, 0.2) is 0 Å². The summed E-state index contributed by atoms with van der Waals surface area (Å²) in [6.07, 6.45) is 0. The largest absolute Gasteiger partial charge is 0.456 e. The van der Waals surface area contributed by atoms with Gasteiger partial charge in [-0.05, 0) is 90.5 Å². The van der Waals surface area contributed by atoms with Gasteiger partial charge < -0.3 is 4.42 Å². The van der Waals surface area contributed by atoms with Crippen molar-refractivity contribution in [3.8, 4) is 33.4 Å². The highest BCUT2D eigenvalue weighted by molar-refractivity contribution is 7.26. The summed E-state index contributed by atoms with van der Waals surface area (Å²) in [7, 11) is 0. The molecule has 50 heavy (non-hydrogen) atoms. The van der Waals surface area contributed by atoms with Crippen LogP contribution in [-0.2, 0) is 0 Å². The van der Waals surface area contributed by atoms with E-state index in [0.29, 0.717) is 0 Å². The highest BCUT2D eigenvalue weighted by Gasteiger charge is 2.23. The average Bonchev–Trinajstić information content (AvgIpc) is 3.76. The van der Waals surface area contributed by atoms with E-state index in [1.54, 1.807) is 0 Å². The minimum atomic E-state index is 0.904. The van der Waals surface area contributed by atoms with Crippen molar-refractivity contribution in [3.05, 3.63) is 170 Å². The molecule has 0 aliphatic heterocycles. The van der Waals surface area contributed by atoms with Gasteiger partial charge >= 0.3 is 0 Å². The van der Waals surface area contributed by atoms with Gasteiger partial charge in [0.25, 0.3) is 0 Å². The van der Waals surface area contributed by atoms with Gasteiger partial charge in [-0.2, -0.15) is 0 Å². The average molecular weight is 653 g/mol. The Bertz CT molecular complexity index is 3090. The number of hydrogen-bond acceptors (Lipinski definition) is 2. The zero-order valence-corrected chi connectivity index (χ0v) is 27.8. The summed E-state index contributed by atoms with van der Waals surface area (Å²) in [5, 5.41) is 12.4. The van der Waals surface area contributed by atoms with Gasteiger partial charge in [-0.1, -0.05) is 140 Å². The molecule has 1 nitrogen and oxygen atoms in total. The van der Waals surface area contributed by atoms with E-state index in [1.807, 2.05) is 11.3 Å². The van der Waals surface area contributed by atoms with Crippen molar-refractivity contribution in [2.45, 2.75) is 0 Å². The van der Waals surface area contributed by atoms with E-state index in [2.05, 4.69) is 170 Å². The molecule has 0 spiro atoms. The van der Waals surface area contributed by atoms with Crippen LogP contribution in [-0.4, -0.2) is 0 Å². The molecule has 0 saturated carbocycles. The van der Waals surface area contributed by atoms with E-state index in [1.165, 1.54) is 80.3 Å². The number of para-hydroxylation sites is 1. The Morgan fingerprint density at radius 1 is 0.360 bits per heavy atom. The van der Waals surface area contributed by atoms with Crippen molar-refractivity contribution in [2.24, 2.45) is 0 Å². The molecule has 11 rings (SSSR count). The van der Waals surface area contributed by atoms with Crippen LogP contribution in [0, 0.1) is 0 Å². The molecule has 0 unspecified atom stereocenters. The topological polar surface area (TPSA) is 13.1 Å². The van der Waals surface area contributed by atoms with Crippen molar-refractivity contribution in [3.63, 3.8) is 0 Å². The fourth-order valence-corrected chi connectivity index (χ4v) is 9.59. The molecule has 232 valence electrons. The van der Waals surface area contributed by atoms with E-state index >= 15 is 0 Å². The van der Waals surface area contributed by atoms with Gasteiger partial charge in [-0.3, -0.25) is 0 Å². The fraction of sp³-hybridized carbons (Fsp3) is 0. The summed E-state index contributed by atoms with van der Waals surface area (Å²) in [5.41, 5.74) is 9.13. The first kappa shape index (κ1) is 27.7. The molecule has 0 aliphatic rings. The van der Waals surface area contributed by atoms with Crippen LogP contribution in [0.1, 0.15) is 0 Å². The molecule has 9 aromatic carbocycles. The van der Waals surface area contributed by atoms with E-state index in [0.717, 1.165) is 27.5 Å². The minimum absolute atomic E-state index is 0.904. The van der Waals surface area contributed by atoms with E-state index in [4.69, 9.17) is 4.42 Å². The fourth-order valence-electron chi connectivity index (χ4n) is 8.33. The Morgan fingerprint density at radius 2 is 0.940 bits per heavy atom. The first-order valence-electron chi connectivity index (χ1n) is 17.1. The van der Waals surface area contributed by atoms with Crippen LogP contribution in [0.3, 0.4) is 0 Å². The molecule has 0 saturated heterocycles. The lowest BCUT2D eigenvalue weighted by atomic mass is 9.84. The van der Waals surface area contributed by atoms with E-state index in [9.17, 15) is 0 Å². The van der Waals surface area contributed by atoms with Crippen LogP contribution in [0.5, 0.6) is 0 Å². The number of furan rings is 1. The van der Waals surface area contributed by atoms with Crippen LogP contribution in [0.4, 0.5) is 0 Å². The van der Waals surface area contributed by atoms with Crippen molar-refractivity contribution >= 4 is 85.8 Å². The van der Waals surface area contributed by atoms with Crippen molar-refractivity contribution < 1.29 is 4.42 Å². The highest BCUT2D eigenvalue weighted by Crippen LogP contribution is 2.50. The minimum Gasteiger partial charge on any atom is -0.456 e.